The van der Waals surface area contributed by atoms with Crippen LogP contribution >= 0.6 is 0 Å². The molecule has 0 amide bonds. The van der Waals surface area contributed by atoms with Crippen molar-refractivity contribution < 1.29 is 13.2 Å². The normalized spacial score (nSPS) is 12.4. The molecular weight excluding hydrogens is 465 g/mol. The Hall–Kier alpha value is -4.34. The average Bonchev–Trinajstić information content (AvgIpc) is 3.34. The number of fused-ring (bicyclic) bond motifs is 3. The number of hydrazine groups is 1. The summed E-state index contributed by atoms with van der Waals surface area (Å²) < 4.78 is 42.3. The summed E-state index contributed by atoms with van der Waals surface area (Å²) in [6.45, 7) is 0.145. The zero-order chi connectivity index (χ0) is 25.4. The van der Waals surface area contributed by atoms with E-state index < -0.39 is 11.9 Å². The van der Waals surface area contributed by atoms with Crippen LogP contribution < -0.4 is 22.3 Å². The molecule has 4 aromatic carbocycles. The van der Waals surface area contributed by atoms with Crippen molar-refractivity contribution >= 4 is 27.2 Å². The molecule has 5 rings (SSSR count). The topological polar surface area (TPSA) is 99.1 Å². The lowest BCUT2D eigenvalue weighted by Crippen LogP contribution is -2.27. The number of hydrogen-bond donors (Lipinski definition) is 3. The van der Waals surface area contributed by atoms with Crippen molar-refractivity contribution in [2.24, 2.45) is 17.3 Å². The SMILES string of the molecule is NC/C(N)=C/N(N)c1ccc(-n2cc(C(F)(F)F)nc2-c2ccc3c(ccc4ccccc43)c2)cc1. The molecule has 0 saturated heterocycles. The number of rotatable bonds is 5. The van der Waals surface area contributed by atoms with E-state index in [0.29, 0.717) is 22.6 Å². The molecule has 0 atom stereocenters. The molecule has 36 heavy (non-hydrogen) atoms. The van der Waals surface area contributed by atoms with Crippen LogP contribution in [0.3, 0.4) is 0 Å². The first-order chi connectivity index (χ1) is 17.2. The third kappa shape index (κ3) is 4.37. The third-order valence-electron chi connectivity index (χ3n) is 5.97. The van der Waals surface area contributed by atoms with Crippen molar-refractivity contribution in [3.8, 4) is 17.1 Å². The maximum atomic E-state index is 13.6. The predicted molar refractivity (Wildman–Crippen MR) is 137 cm³/mol. The van der Waals surface area contributed by atoms with Crippen molar-refractivity contribution in [1.82, 2.24) is 9.55 Å². The highest BCUT2D eigenvalue weighted by Gasteiger charge is 2.35. The van der Waals surface area contributed by atoms with Gasteiger partial charge in [-0.05, 0) is 51.9 Å². The number of imidazole rings is 1. The first-order valence-corrected chi connectivity index (χ1v) is 11.1. The van der Waals surface area contributed by atoms with Crippen molar-refractivity contribution in [3.05, 3.63) is 103 Å². The largest absolute Gasteiger partial charge is 0.434 e. The molecule has 0 unspecified atom stereocenters. The van der Waals surface area contributed by atoms with Crippen LogP contribution in [0.2, 0.25) is 0 Å². The van der Waals surface area contributed by atoms with Gasteiger partial charge < -0.3 is 11.5 Å². The molecule has 0 aliphatic carbocycles. The van der Waals surface area contributed by atoms with Gasteiger partial charge in [-0.1, -0.05) is 48.5 Å². The van der Waals surface area contributed by atoms with Gasteiger partial charge in [0.05, 0.1) is 5.69 Å². The minimum absolute atomic E-state index is 0.145. The van der Waals surface area contributed by atoms with Crippen LogP contribution in [-0.2, 0) is 6.18 Å². The van der Waals surface area contributed by atoms with Crippen LogP contribution in [0, 0.1) is 0 Å². The Morgan fingerprint density at radius 1 is 0.917 bits per heavy atom. The van der Waals surface area contributed by atoms with Crippen LogP contribution in [0.25, 0.3) is 38.6 Å². The quantitative estimate of drug-likeness (QED) is 0.177. The van der Waals surface area contributed by atoms with Gasteiger partial charge in [0.1, 0.15) is 5.82 Å². The van der Waals surface area contributed by atoms with E-state index in [9.17, 15) is 13.2 Å². The second-order valence-electron chi connectivity index (χ2n) is 8.37. The monoisotopic (exact) mass is 488 g/mol. The van der Waals surface area contributed by atoms with Gasteiger partial charge in [0.15, 0.2) is 5.69 Å². The predicted octanol–water partition coefficient (Wildman–Crippen LogP) is 5.30. The number of hydrogen-bond acceptors (Lipinski definition) is 5. The van der Waals surface area contributed by atoms with Gasteiger partial charge in [0, 0.05) is 35.9 Å². The van der Waals surface area contributed by atoms with Crippen LogP contribution in [0.4, 0.5) is 18.9 Å². The van der Waals surface area contributed by atoms with Crippen LogP contribution in [0.5, 0.6) is 0 Å². The summed E-state index contributed by atoms with van der Waals surface area (Å²) in [5, 5.41) is 5.40. The summed E-state index contributed by atoms with van der Waals surface area (Å²) >= 11 is 0. The molecule has 182 valence electrons. The summed E-state index contributed by atoms with van der Waals surface area (Å²) in [6, 6.07) is 24.2. The van der Waals surface area contributed by atoms with Crippen molar-refractivity contribution in [3.63, 3.8) is 0 Å². The van der Waals surface area contributed by atoms with E-state index in [1.807, 2.05) is 48.5 Å². The van der Waals surface area contributed by atoms with Crippen LogP contribution in [0.1, 0.15) is 5.69 Å². The highest BCUT2D eigenvalue weighted by Crippen LogP contribution is 2.35. The van der Waals surface area contributed by atoms with E-state index in [4.69, 9.17) is 17.3 Å². The van der Waals surface area contributed by atoms with Gasteiger partial charge in [-0.15, -0.1) is 0 Å². The smallest absolute Gasteiger partial charge is 0.400 e. The molecule has 0 aliphatic heterocycles. The number of nitrogens with zero attached hydrogens (tertiary/aromatic N) is 3. The fraction of sp³-hybridized carbons (Fsp3) is 0.0741. The molecule has 9 heteroatoms. The maximum Gasteiger partial charge on any atom is 0.434 e. The highest BCUT2D eigenvalue weighted by molar-refractivity contribution is 6.08. The Morgan fingerprint density at radius 3 is 2.33 bits per heavy atom. The molecule has 6 N–H and O–H groups in total. The Morgan fingerprint density at radius 2 is 1.61 bits per heavy atom. The molecule has 5 aromatic rings. The number of alkyl halides is 3. The zero-order valence-electron chi connectivity index (χ0n) is 19.1. The molecule has 1 heterocycles. The summed E-state index contributed by atoms with van der Waals surface area (Å²) in [5.41, 5.74) is 12.3. The van der Waals surface area contributed by atoms with E-state index in [-0.39, 0.29) is 12.4 Å². The van der Waals surface area contributed by atoms with Crippen molar-refractivity contribution in [1.29, 1.82) is 0 Å². The van der Waals surface area contributed by atoms with Gasteiger partial charge in [0.25, 0.3) is 0 Å². The number of halogens is 3. The molecule has 0 aliphatic rings. The fourth-order valence-electron chi connectivity index (χ4n) is 4.16. The molecular formula is C27H23F3N6. The number of aromatic nitrogens is 2. The maximum absolute atomic E-state index is 13.6. The van der Waals surface area contributed by atoms with Gasteiger partial charge in [-0.3, -0.25) is 9.58 Å². The lowest BCUT2D eigenvalue weighted by Gasteiger charge is -2.16. The van der Waals surface area contributed by atoms with E-state index in [2.05, 4.69) is 4.98 Å². The van der Waals surface area contributed by atoms with Crippen molar-refractivity contribution in [2.45, 2.75) is 6.18 Å². The molecule has 6 nitrogen and oxygen atoms in total. The zero-order valence-corrected chi connectivity index (χ0v) is 19.1. The van der Waals surface area contributed by atoms with Crippen LogP contribution in [-0.4, -0.2) is 16.1 Å². The number of benzene rings is 4. The Labute approximate surface area is 205 Å². The Kier molecular flexibility index (Phi) is 5.87. The third-order valence-corrected chi connectivity index (χ3v) is 5.97. The summed E-state index contributed by atoms with van der Waals surface area (Å²) in [4.78, 5) is 3.97. The summed E-state index contributed by atoms with van der Waals surface area (Å²) in [6.07, 6.45) is -2.11. The van der Waals surface area contributed by atoms with E-state index >= 15 is 0 Å². The lowest BCUT2D eigenvalue weighted by molar-refractivity contribution is -0.140. The Bertz CT molecular complexity index is 1590. The molecule has 1 aromatic heterocycles. The van der Waals surface area contributed by atoms with E-state index in [1.165, 1.54) is 15.8 Å². The standard InChI is InChI=1S/C27H23F3N6/c28-27(29,30)25-16-35(21-8-10-22(11-9-21)36(33)15-20(32)14-31)26(34-25)19-7-12-24-18(13-19)6-5-17-3-1-2-4-23(17)24/h1-13,15-16H,14,31-33H2/b20-15-. The first-order valence-electron chi connectivity index (χ1n) is 11.1. The number of anilines is 1. The Balaban J connectivity index is 1.60. The number of nitrogens with two attached hydrogens (primary N) is 3. The lowest BCUT2D eigenvalue weighted by atomic mass is 10.00. The van der Waals surface area contributed by atoms with E-state index in [0.717, 1.165) is 27.7 Å². The molecule has 0 bridgehead atoms. The fourth-order valence-corrected chi connectivity index (χ4v) is 4.16. The minimum Gasteiger partial charge on any atom is -0.400 e. The molecule has 0 radical (unpaired) electrons. The minimum atomic E-state index is -4.59. The first kappa shape index (κ1) is 23.4. The second-order valence-corrected chi connectivity index (χ2v) is 8.37. The van der Waals surface area contributed by atoms with Crippen molar-refractivity contribution in [2.75, 3.05) is 11.6 Å². The highest BCUT2D eigenvalue weighted by atomic mass is 19.4. The summed E-state index contributed by atoms with van der Waals surface area (Å²) in [7, 11) is 0. The van der Waals surface area contributed by atoms with Gasteiger partial charge in [-0.2, -0.15) is 13.2 Å². The van der Waals surface area contributed by atoms with Gasteiger partial charge >= 0.3 is 6.18 Å². The second kappa shape index (κ2) is 9.03. The molecule has 0 saturated carbocycles. The molecule has 0 fully saturated rings. The molecule has 0 spiro atoms. The average molecular weight is 489 g/mol. The van der Waals surface area contributed by atoms with Gasteiger partial charge in [0.2, 0.25) is 0 Å². The van der Waals surface area contributed by atoms with E-state index in [1.54, 1.807) is 30.3 Å². The van der Waals surface area contributed by atoms with Crippen LogP contribution in [0.15, 0.2) is 97.0 Å². The van der Waals surface area contributed by atoms with Gasteiger partial charge in [-0.25, -0.2) is 10.8 Å². The summed E-state index contributed by atoms with van der Waals surface area (Å²) in [5.74, 6) is 6.17.